The highest BCUT2D eigenvalue weighted by Gasteiger charge is 2.20. The van der Waals surface area contributed by atoms with Crippen LogP contribution in [-0.2, 0) is 12.8 Å². The zero-order valence-electron chi connectivity index (χ0n) is 11.8. The molecule has 1 aliphatic rings. The number of halogens is 2. The Morgan fingerprint density at radius 1 is 1.24 bits per heavy atom. The van der Waals surface area contributed by atoms with Gasteiger partial charge in [0.2, 0.25) is 0 Å². The van der Waals surface area contributed by atoms with Gasteiger partial charge in [-0.05, 0) is 48.2 Å². The molecule has 0 saturated heterocycles. The Labute approximate surface area is 141 Å². The van der Waals surface area contributed by atoms with E-state index in [4.69, 9.17) is 10.5 Å². The van der Waals surface area contributed by atoms with Gasteiger partial charge in [-0.2, -0.15) is 0 Å². The van der Waals surface area contributed by atoms with E-state index in [1.807, 2.05) is 0 Å². The SMILES string of the molecule is Cc1ccc(Br)c(C(N)Cc2cc(Br)cc3c2OCC3)c1. The van der Waals surface area contributed by atoms with E-state index in [0.29, 0.717) is 0 Å². The Morgan fingerprint density at radius 2 is 2.05 bits per heavy atom. The zero-order chi connectivity index (χ0) is 15.0. The van der Waals surface area contributed by atoms with Gasteiger partial charge in [0.05, 0.1) is 6.61 Å². The van der Waals surface area contributed by atoms with Crippen molar-refractivity contribution in [3.8, 4) is 5.75 Å². The summed E-state index contributed by atoms with van der Waals surface area (Å²) in [5.74, 6) is 1.03. The number of hydrogen-bond acceptors (Lipinski definition) is 2. The van der Waals surface area contributed by atoms with Crippen LogP contribution in [-0.4, -0.2) is 6.61 Å². The molecule has 2 aromatic carbocycles. The molecule has 0 radical (unpaired) electrons. The predicted octanol–water partition coefficient (Wildman–Crippen LogP) is 4.70. The van der Waals surface area contributed by atoms with Crippen molar-refractivity contribution in [1.29, 1.82) is 0 Å². The van der Waals surface area contributed by atoms with E-state index in [9.17, 15) is 0 Å². The number of hydrogen-bond donors (Lipinski definition) is 1. The highest BCUT2D eigenvalue weighted by molar-refractivity contribution is 9.10. The molecule has 2 aromatic rings. The van der Waals surface area contributed by atoms with Crippen molar-refractivity contribution in [2.45, 2.75) is 25.8 Å². The smallest absolute Gasteiger partial charge is 0.125 e. The standard InChI is InChI=1S/C17H17Br2NO/c1-10-2-3-15(19)14(6-10)16(20)9-12-8-13(18)7-11-4-5-21-17(11)12/h2-3,6-8,16H,4-5,9,20H2,1H3. The van der Waals surface area contributed by atoms with Gasteiger partial charge in [0.25, 0.3) is 0 Å². The van der Waals surface area contributed by atoms with Crippen molar-refractivity contribution in [2.75, 3.05) is 6.61 Å². The second kappa shape index (κ2) is 6.11. The Morgan fingerprint density at radius 3 is 2.86 bits per heavy atom. The molecule has 0 saturated carbocycles. The van der Waals surface area contributed by atoms with Gasteiger partial charge in [0.1, 0.15) is 5.75 Å². The summed E-state index contributed by atoms with van der Waals surface area (Å²) in [6.07, 6.45) is 1.75. The van der Waals surface area contributed by atoms with Gasteiger partial charge in [-0.3, -0.25) is 0 Å². The predicted molar refractivity (Wildman–Crippen MR) is 92.9 cm³/mol. The quantitative estimate of drug-likeness (QED) is 0.795. The first-order valence-corrected chi connectivity index (χ1v) is 8.59. The number of fused-ring (bicyclic) bond motifs is 1. The van der Waals surface area contributed by atoms with Crippen LogP contribution >= 0.6 is 31.9 Å². The molecule has 0 bridgehead atoms. The Kier molecular flexibility index (Phi) is 4.38. The van der Waals surface area contributed by atoms with E-state index in [1.165, 1.54) is 16.7 Å². The minimum absolute atomic E-state index is 0.0538. The normalized spacial score (nSPS) is 14.7. The van der Waals surface area contributed by atoms with Gasteiger partial charge in [0, 0.05) is 21.4 Å². The molecular formula is C17H17Br2NO. The van der Waals surface area contributed by atoms with Gasteiger partial charge >= 0.3 is 0 Å². The summed E-state index contributed by atoms with van der Waals surface area (Å²) < 4.78 is 7.94. The van der Waals surface area contributed by atoms with E-state index in [0.717, 1.165) is 39.7 Å². The lowest BCUT2D eigenvalue weighted by atomic mass is 9.96. The molecule has 4 heteroatoms. The van der Waals surface area contributed by atoms with Crippen LogP contribution in [0, 0.1) is 6.92 Å². The van der Waals surface area contributed by atoms with E-state index >= 15 is 0 Å². The molecule has 0 aliphatic carbocycles. The van der Waals surface area contributed by atoms with Crippen LogP contribution in [0.5, 0.6) is 5.75 Å². The Bertz CT molecular complexity index is 685. The Hall–Kier alpha value is -0.840. The second-order valence-corrected chi connectivity index (χ2v) is 7.26. The molecule has 0 fully saturated rings. The van der Waals surface area contributed by atoms with Gasteiger partial charge < -0.3 is 10.5 Å². The fourth-order valence-electron chi connectivity index (χ4n) is 2.79. The molecule has 0 aromatic heterocycles. The first-order chi connectivity index (χ1) is 10.0. The lowest BCUT2D eigenvalue weighted by Gasteiger charge is -2.17. The zero-order valence-corrected chi connectivity index (χ0v) is 15.0. The maximum absolute atomic E-state index is 6.44. The number of rotatable bonds is 3. The number of ether oxygens (including phenoxy) is 1. The molecule has 0 spiro atoms. The van der Waals surface area contributed by atoms with Crippen LogP contribution in [0.3, 0.4) is 0 Å². The van der Waals surface area contributed by atoms with Crippen LogP contribution in [0.15, 0.2) is 39.3 Å². The minimum atomic E-state index is -0.0538. The summed E-state index contributed by atoms with van der Waals surface area (Å²) in [5.41, 5.74) is 11.3. The third kappa shape index (κ3) is 3.17. The molecule has 1 aliphatic heterocycles. The second-order valence-electron chi connectivity index (χ2n) is 5.49. The van der Waals surface area contributed by atoms with Gasteiger partial charge in [0.15, 0.2) is 0 Å². The highest BCUT2D eigenvalue weighted by atomic mass is 79.9. The highest BCUT2D eigenvalue weighted by Crippen LogP contribution is 2.36. The lowest BCUT2D eigenvalue weighted by molar-refractivity contribution is 0.352. The largest absolute Gasteiger partial charge is 0.493 e. The van der Waals surface area contributed by atoms with Crippen molar-refractivity contribution in [3.05, 3.63) is 61.5 Å². The van der Waals surface area contributed by atoms with Crippen molar-refractivity contribution in [2.24, 2.45) is 5.73 Å². The summed E-state index contributed by atoms with van der Waals surface area (Å²) in [5, 5.41) is 0. The van der Waals surface area contributed by atoms with Gasteiger partial charge in [-0.25, -0.2) is 0 Å². The fourth-order valence-corrected chi connectivity index (χ4v) is 3.89. The van der Waals surface area contributed by atoms with Crippen LogP contribution in [0.2, 0.25) is 0 Å². The molecule has 2 N–H and O–H groups in total. The lowest BCUT2D eigenvalue weighted by Crippen LogP contribution is -2.14. The minimum Gasteiger partial charge on any atom is -0.493 e. The third-order valence-corrected chi connectivity index (χ3v) is 5.00. The molecule has 1 unspecified atom stereocenters. The molecule has 0 amide bonds. The average Bonchev–Trinajstić information content (AvgIpc) is 2.89. The maximum atomic E-state index is 6.44. The van der Waals surface area contributed by atoms with Crippen molar-refractivity contribution < 1.29 is 4.74 Å². The van der Waals surface area contributed by atoms with Gasteiger partial charge in [-0.1, -0.05) is 49.6 Å². The van der Waals surface area contributed by atoms with Crippen molar-refractivity contribution in [3.63, 3.8) is 0 Å². The molecular weight excluding hydrogens is 394 g/mol. The molecule has 21 heavy (non-hydrogen) atoms. The summed E-state index contributed by atoms with van der Waals surface area (Å²) in [4.78, 5) is 0. The Balaban J connectivity index is 1.92. The first-order valence-electron chi connectivity index (χ1n) is 7.00. The molecule has 110 valence electrons. The summed E-state index contributed by atoms with van der Waals surface area (Å²) in [7, 11) is 0. The molecule has 2 nitrogen and oxygen atoms in total. The van der Waals surface area contributed by atoms with Crippen LogP contribution in [0.25, 0.3) is 0 Å². The molecule has 1 heterocycles. The summed E-state index contributed by atoms with van der Waals surface area (Å²) in [6.45, 7) is 2.85. The van der Waals surface area contributed by atoms with Crippen LogP contribution in [0.1, 0.15) is 28.3 Å². The average molecular weight is 411 g/mol. The molecule has 1 atom stereocenters. The van der Waals surface area contributed by atoms with Crippen molar-refractivity contribution >= 4 is 31.9 Å². The summed E-state index contributed by atoms with van der Waals surface area (Å²) in [6, 6.07) is 10.5. The number of benzene rings is 2. The number of aryl methyl sites for hydroxylation is 1. The van der Waals surface area contributed by atoms with E-state index in [-0.39, 0.29) is 6.04 Å². The topological polar surface area (TPSA) is 35.2 Å². The van der Waals surface area contributed by atoms with Crippen molar-refractivity contribution in [1.82, 2.24) is 0 Å². The van der Waals surface area contributed by atoms with E-state index < -0.39 is 0 Å². The monoisotopic (exact) mass is 409 g/mol. The third-order valence-electron chi connectivity index (χ3n) is 3.82. The fraction of sp³-hybridized carbons (Fsp3) is 0.294. The van der Waals surface area contributed by atoms with Crippen LogP contribution < -0.4 is 10.5 Å². The van der Waals surface area contributed by atoms with Crippen LogP contribution in [0.4, 0.5) is 0 Å². The van der Waals surface area contributed by atoms with Gasteiger partial charge in [-0.15, -0.1) is 0 Å². The number of nitrogens with two attached hydrogens (primary N) is 1. The van der Waals surface area contributed by atoms with E-state index in [1.54, 1.807) is 0 Å². The maximum Gasteiger partial charge on any atom is 0.125 e. The summed E-state index contributed by atoms with van der Waals surface area (Å²) >= 11 is 7.18. The van der Waals surface area contributed by atoms with E-state index in [2.05, 4.69) is 69.1 Å². The first kappa shape index (κ1) is 15.1. The molecule has 3 rings (SSSR count).